The maximum Gasteiger partial charge on any atom is 0.338 e. The Morgan fingerprint density at radius 2 is 2.00 bits per heavy atom. The first-order chi connectivity index (χ1) is 13.8. The summed E-state index contributed by atoms with van der Waals surface area (Å²) in [5, 5.41) is 0. The lowest BCUT2D eigenvalue weighted by Crippen LogP contribution is -2.15. The third-order valence-electron chi connectivity index (χ3n) is 5.36. The molecular formula is C24H23NO3. The first kappa shape index (κ1) is 18.2. The quantitative estimate of drug-likeness (QED) is 0.588. The number of carbonyl (C=O) groups excluding carboxylic acids is 1. The van der Waals surface area contributed by atoms with Crippen LogP contribution >= 0.6 is 0 Å². The minimum absolute atomic E-state index is 0.308. The molecule has 0 saturated carbocycles. The van der Waals surface area contributed by atoms with E-state index in [-0.39, 0.29) is 5.97 Å². The third kappa shape index (κ3) is 3.77. The molecule has 0 aliphatic carbocycles. The summed E-state index contributed by atoms with van der Waals surface area (Å²) in [6.45, 7) is 0.715. The van der Waals surface area contributed by atoms with Gasteiger partial charge >= 0.3 is 5.97 Å². The van der Waals surface area contributed by atoms with Crippen LogP contribution in [0.25, 0.3) is 11.1 Å². The largest absolute Gasteiger partial charge is 0.493 e. The fourth-order valence-electron chi connectivity index (χ4n) is 3.84. The summed E-state index contributed by atoms with van der Waals surface area (Å²) in [5.74, 6) is 1.06. The number of aryl methyl sites for hydroxylation is 1. The number of hydrogen-bond acceptors (Lipinski definition) is 4. The van der Waals surface area contributed by atoms with Crippen LogP contribution in [0.5, 0.6) is 5.75 Å². The van der Waals surface area contributed by atoms with Crippen LogP contribution in [0.4, 0.5) is 0 Å². The number of benzene rings is 2. The van der Waals surface area contributed by atoms with Crippen LogP contribution in [0.2, 0.25) is 0 Å². The average molecular weight is 373 g/mol. The standard InChI is InChI=1S/C24H23NO3/c1-27-24(26)22-11-13-25-16-20(22)8-7-18-12-14-28-23-15-19(9-10-21(18)23)17-5-3-2-4-6-17/h2-6,9-11,13,15-16,18H,7-8,12,14H2,1H3. The highest BCUT2D eigenvalue weighted by Crippen LogP contribution is 2.39. The molecule has 3 aromatic rings. The summed E-state index contributed by atoms with van der Waals surface area (Å²) in [4.78, 5) is 16.2. The lowest BCUT2D eigenvalue weighted by atomic mass is 9.86. The maximum atomic E-state index is 12.0. The Morgan fingerprint density at radius 1 is 1.14 bits per heavy atom. The van der Waals surface area contributed by atoms with Crippen molar-refractivity contribution < 1.29 is 14.3 Å². The van der Waals surface area contributed by atoms with Gasteiger partial charge in [0.25, 0.3) is 0 Å². The van der Waals surface area contributed by atoms with E-state index < -0.39 is 0 Å². The molecular weight excluding hydrogens is 350 g/mol. The van der Waals surface area contributed by atoms with E-state index in [0.29, 0.717) is 18.1 Å². The second-order valence-corrected chi connectivity index (χ2v) is 7.02. The van der Waals surface area contributed by atoms with Crippen molar-refractivity contribution in [3.63, 3.8) is 0 Å². The highest BCUT2D eigenvalue weighted by Gasteiger charge is 2.23. The summed E-state index contributed by atoms with van der Waals surface area (Å²) in [7, 11) is 1.41. The minimum Gasteiger partial charge on any atom is -0.493 e. The van der Waals surface area contributed by atoms with Crippen LogP contribution in [0, 0.1) is 0 Å². The van der Waals surface area contributed by atoms with Crippen molar-refractivity contribution in [3.8, 4) is 16.9 Å². The second-order valence-electron chi connectivity index (χ2n) is 7.02. The molecule has 2 aromatic carbocycles. The van der Waals surface area contributed by atoms with E-state index in [2.05, 4.69) is 35.3 Å². The van der Waals surface area contributed by atoms with Gasteiger partial charge in [0.15, 0.2) is 0 Å². The molecule has 1 unspecified atom stereocenters. The topological polar surface area (TPSA) is 48.4 Å². The van der Waals surface area contributed by atoms with Crippen molar-refractivity contribution in [3.05, 3.63) is 83.7 Å². The number of carbonyl (C=O) groups is 1. The summed E-state index contributed by atoms with van der Waals surface area (Å²) < 4.78 is 10.9. The molecule has 0 radical (unpaired) electrons. The Labute approximate surface area is 165 Å². The molecule has 1 aliphatic heterocycles. The van der Waals surface area contributed by atoms with Crippen LogP contribution < -0.4 is 4.74 Å². The Balaban J connectivity index is 1.54. The number of aromatic nitrogens is 1. The van der Waals surface area contributed by atoms with Gasteiger partial charge in [0, 0.05) is 12.4 Å². The van der Waals surface area contributed by atoms with E-state index in [0.717, 1.165) is 30.6 Å². The molecule has 1 aromatic heterocycles. The Kier molecular flexibility index (Phi) is 5.38. The molecule has 2 heterocycles. The van der Waals surface area contributed by atoms with Crippen LogP contribution in [-0.4, -0.2) is 24.7 Å². The highest BCUT2D eigenvalue weighted by atomic mass is 16.5. The van der Waals surface area contributed by atoms with Gasteiger partial charge in [-0.3, -0.25) is 4.98 Å². The number of esters is 1. The van der Waals surface area contributed by atoms with E-state index in [1.54, 1.807) is 18.5 Å². The molecule has 0 N–H and O–H groups in total. The first-order valence-corrected chi connectivity index (χ1v) is 9.59. The van der Waals surface area contributed by atoms with Crippen LogP contribution in [0.1, 0.15) is 40.2 Å². The third-order valence-corrected chi connectivity index (χ3v) is 5.36. The van der Waals surface area contributed by atoms with Gasteiger partial charge in [-0.2, -0.15) is 0 Å². The predicted octanol–water partition coefficient (Wildman–Crippen LogP) is 5.03. The molecule has 0 spiro atoms. The summed E-state index contributed by atoms with van der Waals surface area (Å²) >= 11 is 0. The van der Waals surface area contributed by atoms with Gasteiger partial charge < -0.3 is 9.47 Å². The molecule has 1 aliphatic rings. The number of ether oxygens (including phenoxy) is 2. The molecule has 4 heteroatoms. The van der Waals surface area contributed by atoms with Crippen molar-refractivity contribution in [2.45, 2.75) is 25.2 Å². The van der Waals surface area contributed by atoms with E-state index in [4.69, 9.17) is 9.47 Å². The van der Waals surface area contributed by atoms with Crippen molar-refractivity contribution in [1.82, 2.24) is 4.98 Å². The van der Waals surface area contributed by atoms with Gasteiger partial charge in [0.05, 0.1) is 19.3 Å². The minimum atomic E-state index is -0.308. The number of nitrogens with zero attached hydrogens (tertiary/aromatic N) is 1. The van der Waals surface area contributed by atoms with Crippen LogP contribution in [0.3, 0.4) is 0 Å². The molecule has 4 rings (SSSR count). The zero-order valence-corrected chi connectivity index (χ0v) is 15.9. The van der Waals surface area contributed by atoms with E-state index in [9.17, 15) is 4.79 Å². The first-order valence-electron chi connectivity index (χ1n) is 9.59. The molecule has 28 heavy (non-hydrogen) atoms. The molecule has 0 bridgehead atoms. The lowest BCUT2D eigenvalue weighted by Gasteiger charge is -2.26. The van der Waals surface area contributed by atoms with Crippen molar-refractivity contribution in [2.24, 2.45) is 0 Å². The van der Waals surface area contributed by atoms with E-state index in [1.165, 1.54) is 23.8 Å². The van der Waals surface area contributed by atoms with Gasteiger partial charge in [-0.25, -0.2) is 4.79 Å². The number of pyridine rings is 1. The Hall–Kier alpha value is -3.14. The Bertz CT molecular complexity index is 969. The van der Waals surface area contributed by atoms with Crippen LogP contribution in [-0.2, 0) is 11.2 Å². The van der Waals surface area contributed by atoms with Gasteiger partial charge in [0.1, 0.15) is 5.75 Å². The maximum absolute atomic E-state index is 12.0. The lowest BCUT2D eigenvalue weighted by molar-refractivity contribution is 0.0599. The zero-order chi connectivity index (χ0) is 19.3. The smallest absolute Gasteiger partial charge is 0.338 e. The SMILES string of the molecule is COC(=O)c1ccncc1CCC1CCOc2cc(-c3ccccc3)ccc21. The normalized spacial score (nSPS) is 15.4. The second kappa shape index (κ2) is 8.26. The monoisotopic (exact) mass is 373 g/mol. The van der Waals surface area contributed by atoms with Gasteiger partial charge in [0.2, 0.25) is 0 Å². The van der Waals surface area contributed by atoms with Gasteiger partial charge in [-0.1, -0.05) is 42.5 Å². The summed E-state index contributed by atoms with van der Waals surface area (Å²) in [5.41, 5.74) is 5.14. The molecule has 0 fully saturated rings. The number of rotatable bonds is 5. The van der Waals surface area contributed by atoms with Crippen LogP contribution in [0.15, 0.2) is 67.0 Å². The molecule has 0 amide bonds. The van der Waals surface area contributed by atoms with Crippen molar-refractivity contribution >= 4 is 5.97 Å². The van der Waals surface area contributed by atoms with E-state index in [1.807, 2.05) is 18.2 Å². The van der Waals surface area contributed by atoms with E-state index >= 15 is 0 Å². The van der Waals surface area contributed by atoms with Gasteiger partial charge in [-0.15, -0.1) is 0 Å². The molecule has 0 saturated heterocycles. The predicted molar refractivity (Wildman–Crippen MR) is 109 cm³/mol. The average Bonchev–Trinajstić information content (AvgIpc) is 2.77. The number of methoxy groups -OCH3 is 1. The summed E-state index contributed by atoms with van der Waals surface area (Å²) in [6, 6.07) is 18.6. The molecule has 4 nitrogen and oxygen atoms in total. The summed E-state index contributed by atoms with van der Waals surface area (Å²) in [6.07, 6.45) is 6.10. The molecule has 142 valence electrons. The van der Waals surface area contributed by atoms with Crippen molar-refractivity contribution in [2.75, 3.05) is 13.7 Å². The van der Waals surface area contributed by atoms with Gasteiger partial charge in [-0.05, 0) is 59.6 Å². The highest BCUT2D eigenvalue weighted by molar-refractivity contribution is 5.90. The van der Waals surface area contributed by atoms with Crippen molar-refractivity contribution in [1.29, 1.82) is 0 Å². The number of fused-ring (bicyclic) bond motifs is 1. The zero-order valence-electron chi connectivity index (χ0n) is 15.9. The Morgan fingerprint density at radius 3 is 2.82 bits per heavy atom. The fraction of sp³-hybridized carbons (Fsp3) is 0.250. The number of hydrogen-bond donors (Lipinski definition) is 0. The fourth-order valence-corrected chi connectivity index (χ4v) is 3.84. The molecule has 1 atom stereocenters.